The fourth-order valence-corrected chi connectivity index (χ4v) is 5.10. The molecule has 1 spiro atoms. The highest BCUT2D eigenvalue weighted by atomic mass is 15.3. The highest BCUT2D eigenvalue weighted by molar-refractivity contribution is 5.05. The summed E-state index contributed by atoms with van der Waals surface area (Å²) in [6, 6.07) is 0.872. The average molecular weight is 353 g/mol. The van der Waals surface area contributed by atoms with Gasteiger partial charge < -0.3 is 4.90 Å². The topological polar surface area (TPSA) is 6.48 Å². The SMILES string of the molecule is CC.CCC1(CC(C)C)CC1.CCCC(CC)N1CC2(CN(C)C2)C1. The van der Waals surface area contributed by atoms with Gasteiger partial charge in [0.2, 0.25) is 0 Å². The van der Waals surface area contributed by atoms with E-state index in [-0.39, 0.29) is 0 Å². The van der Waals surface area contributed by atoms with Gasteiger partial charge in [-0.1, -0.05) is 61.3 Å². The van der Waals surface area contributed by atoms with Gasteiger partial charge in [-0.3, -0.25) is 4.90 Å². The molecule has 150 valence electrons. The molecule has 0 aromatic carbocycles. The third-order valence-corrected chi connectivity index (χ3v) is 6.45. The molecule has 2 saturated heterocycles. The monoisotopic (exact) mass is 352 g/mol. The van der Waals surface area contributed by atoms with Crippen molar-refractivity contribution in [3.63, 3.8) is 0 Å². The van der Waals surface area contributed by atoms with Crippen LogP contribution in [0.25, 0.3) is 0 Å². The normalized spacial score (nSPS) is 24.4. The van der Waals surface area contributed by atoms with Crippen LogP contribution in [0.1, 0.15) is 93.4 Å². The van der Waals surface area contributed by atoms with E-state index in [1.165, 1.54) is 71.1 Å². The van der Waals surface area contributed by atoms with Crippen molar-refractivity contribution >= 4 is 0 Å². The van der Waals surface area contributed by atoms with E-state index in [1.807, 2.05) is 13.8 Å². The molecule has 1 saturated carbocycles. The molecule has 3 fully saturated rings. The van der Waals surface area contributed by atoms with E-state index in [9.17, 15) is 0 Å². The van der Waals surface area contributed by atoms with Gasteiger partial charge in [0.25, 0.3) is 0 Å². The molecule has 1 aliphatic carbocycles. The second-order valence-electron chi connectivity index (χ2n) is 9.38. The van der Waals surface area contributed by atoms with Crippen LogP contribution in [0.5, 0.6) is 0 Å². The van der Waals surface area contributed by atoms with E-state index in [0.717, 1.165) is 22.8 Å². The molecule has 1 atom stereocenters. The lowest BCUT2D eigenvalue weighted by atomic mass is 9.72. The third-order valence-electron chi connectivity index (χ3n) is 6.45. The lowest BCUT2D eigenvalue weighted by molar-refractivity contribution is -0.122. The summed E-state index contributed by atoms with van der Waals surface area (Å²) in [5, 5.41) is 0. The molecule has 0 bridgehead atoms. The van der Waals surface area contributed by atoms with E-state index in [0.29, 0.717) is 0 Å². The van der Waals surface area contributed by atoms with Crippen LogP contribution >= 0.6 is 0 Å². The van der Waals surface area contributed by atoms with E-state index in [1.54, 1.807) is 0 Å². The average Bonchev–Trinajstić information content (AvgIpc) is 3.29. The number of likely N-dealkylation sites (tertiary alicyclic amines) is 2. The Balaban J connectivity index is 0.000000246. The van der Waals surface area contributed by atoms with Crippen molar-refractivity contribution in [2.75, 3.05) is 33.2 Å². The van der Waals surface area contributed by atoms with Gasteiger partial charge >= 0.3 is 0 Å². The Morgan fingerprint density at radius 2 is 1.48 bits per heavy atom. The van der Waals surface area contributed by atoms with E-state index in [4.69, 9.17) is 0 Å². The van der Waals surface area contributed by atoms with Crippen molar-refractivity contribution in [1.29, 1.82) is 0 Å². The Bertz CT molecular complexity index is 345. The molecule has 1 unspecified atom stereocenters. The van der Waals surface area contributed by atoms with Crippen LogP contribution in [0.4, 0.5) is 0 Å². The predicted molar refractivity (Wildman–Crippen MR) is 113 cm³/mol. The van der Waals surface area contributed by atoms with Crippen LogP contribution in [0, 0.1) is 16.7 Å². The standard InChI is InChI=1S/C12H24N2.C9H18.C2H6/c1-4-6-11(5-2)14-9-12(10-14)7-13(3)8-12;1-4-9(5-6-9)7-8(2)3;1-2/h11H,4-10H2,1-3H3;8H,4-7H2,1-3H3;1-2H3. The molecule has 2 heterocycles. The predicted octanol–water partition coefficient (Wildman–Crippen LogP) is 6.06. The van der Waals surface area contributed by atoms with Crippen molar-refractivity contribution in [3.8, 4) is 0 Å². The Labute approximate surface area is 159 Å². The summed E-state index contributed by atoms with van der Waals surface area (Å²) in [5.41, 5.74) is 1.53. The van der Waals surface area contributed by atoms with E-state index < -0.39 is 0 Å². The third kappa shape index (κ3) is 6.54. The number of nitrogens with zero attached hydrogens (tertiary/aromatic N) is 2. The van der Waals surface area contributed by atoms with Crippen LogP contribution in [0.3, 0.4) is 0 Å². The first-order valence-electron chi connectivity index (χ1n) is 11.3. The van der Waals surface area contributed by atoms with Gasteiger partial charge in [0.05, 0.1) is 0 Å². The van der Waals surface area contributed by atoms with Gasteiger partial charge in [0.1, 0.15) is 0 Å². The van der Waals surface area contributed by atoms with Gasteiger partial charge in [-0.25, -0.2) is 0 Å². The molecule has 0 radical (unpaired) electrons. The van der Waals surface area contributed by atoms with Crippen LogP contribution in [-0.4, -0.2) is 49.1 Å². The van der Waals surface area contributed by atoms with Crippen LogP contribution in [0.15, 0.2) is 0 Å². The zero-order valence-corrected chi connectivity index (χ0v) is 18.8. The quantitative estimate of drug-likeness (QED) is 0.549. The summed E-state index contributed by atoms with van der Waals surface area (Å²) < 4.78 is 0. The first-order chi connectivity index (χ1) is 11.9. The molecule has 2 heteroatoms. The molecule has 0 aromatic heterocycles. The van der Waals surface area contributed by atoms with Gasteiger partial charge in [-0.05, 0) is 50.5 Å². The lowest BCUT2D eigenvalue weighted by Crippen LogP contribution is -2.72. The fraction of sp³-hybridized carbons (Fsp3) is 1.00. The Morgan fingerprint density at radius 3 is 1.76 bits per heavy atom. The number of rotatable bonds is 7. The summed E-state index contributed by atoms with van der Waals surface area (Å²) >= 11 is 0. The van der Waals surface area contributed by atoms with Gasteiger partial charge in [-0.15, -0.1) is 0 Å². The minimum absolute atomic E-state index is 0.718. The lowest BCUT2D eigenvalue weighted by Gasteiger charge is -2.61. The Kier molecular flexibility index (Phi) is 9.46. The van der Waals surface area contributed by atoms with Gasteiger partial charge in [0.15, 0.2) is 0 Å². The molecule has 25 heavy (non-hydrogen) atoms. The van der Waals surface area contributed by atoms with Crippen molar-refractivity contribution < 1.29 is 0 Å². The number of hydrogen-bond acceptors (Lipinski definition) is 2. The summed E-state index contributed by atoms with van der Waals surface area (Å²) in [4.78, 5) is 5.15. The molecule has 2 aliphatic heterocycles. The minimum Gasteiger partial charge on any atom is -0.305 e. The van der Waals surface area contributed by atoms with Crippen LogP contribution in [0.2, 0.25) is 0 Å². The van der Waals surface area contributed by atoms with Gasteiger partial charge in [-0.2, -0.15) is 0 Å². The van der Waals surface area contributed by atoms with Crippen molar-refractivity contribution in [3.05, 3.63) is 0 Å². The molecule has 2 nitrogen and oxygen atoms in total. The van der Waals surface area contributed by atoms with Crippen molar-refractivity contribution in [1.82, 2.24) is 9.80 Å². The second-order valence-corrected chi connectivity index (χ2v) is 9.38. The van der Waals surface area contributed by atoms with Crippen molar-refractivity contribution in [2.45, 2.75) is 99.5 Å². The summed E-state index contributed by atoms with van der Waals surface area (Å²) in [6.45, 7) is 21.0. The Hall–Kier alpha value is -0.0800. The Morgan fingerprint density at radius 1 is 0.920 bits per heavy atom. The molecular weight excluding hydrogens is 304 g/mol. The maximum atomic E-state index is 2.70. The molecule has 0 aromatic rings. The maximum absolute atomic E-state index is 2.70. The summed E-state index contributed by atoms with van der Waals surface area (Å²) in [7, 11) is 2.23. The second kappa shape index (κ2) is 10.3. The van der Waals surface area contributed by atoms with E-state index >= 15 is 0 Å². The highest BCUT2D eigenvalue weighted by Gasteiger charge is 2.51. The van der Waals surface area contributed by atoms with Crippen molar-refractivity contribution in [2.24, 2.45) is 16.7 Å². The summed E-state index contributed by atoms with van der Waals surface area (Å²) in [5.74, 6) is 0.910. The van der Waals surface area contributed by atoms with E-state index in [2.05, 4.69) is 51.5 Å². The van der Waals surface area contributed by atoms with Crippen LogP contribution in [-0.2, 0) is 0 Å². The maximum Gasteiger partial charge on any atom is 0.0212 e. The largest absolute Gasteiger partial charge is 0.305 e. The fourth-order valence-electron chi connectivity index (χ4n) is 5.10. The minimum atomic E-state index is 0.718. The molecule has 0 amide bonds. The zero-order valence-electron chi connectivity index (χ0n) is 18.8. The van der Waals surface area contributed by atoms with Gasteiger partial charge in [0, 0.05) is 37.6 Å². The zero-order chi connectivity index (χ0) is 19.1. The smallest absolute Gasteiger partial charge is 0.0212 e. The summed E-state index contributed by atoms with van der Waals surface area (Å²) in [6.07, 6.45) is 9.93. The number of hydrogen-bond donors (Lipinski definition) is 0. The van der Waals surface area contributed by atoms with Crippen LogP contribution < -0.4 is 0 Å². The molecule has 3 aliphatic rings. The molecule has 0 N–H and O–H groups in total. The molecule has 3 rings (SSSR count). The highest BCUT2D eigenvalue weighted by Crippen LogP contribution is 2.53. The first kappa shape index (κ1) is 23.0. The first-order valence-corrected chi connectivity index (χ1v) is 11.3. The molecular formula is C23H48N2.